The highest BCUT2D eigenvalue weighted by atomic mass is 16.2. The topological polar surface area (TPSA) is 60.9 Å². The second-order valence-corrected chi connectivity index (χ2v) is 8.08. The Bertz CT molecular complexity index is 1160. The maximum atomic E-state index is 13.6. The number of hydrogen-bond acceptors (Lipinski definition) is 3. The minimum atomic E-state index is -0.665. The van der Waals surface area contributed by atoms with Gasteiger partial charge in [-0.05, 0) is 55.2 Å². The summed E-state index contributed by atoms with van der Waals surface area (Å²) in [5.41, 5.74) is 4.37. The molecule has 4 amide bonds. The first-order valence-corrected chi connectivity index (χ1v) is 10.7. The normalized spacial score (nSPS) is 17.8. The van der Waals surface area contributed by atoms with E-state index in [0.717, 1.165) is 40.2 Å². The molecule has 6 nitrogen and oxygen atoms in total. The number of benzene rings is 3. The average Bonchev–Trinajstić information content (AvgIpc) is 2.95. The van der Waals surface area contributed by atoms with Crippen molar-refractivity contribution in [1.82, 2.24) is 4.90 Å². The monoisotopic (exact) mass is 425 g/mol. The summed E-state index contributed by atoms with van der Waals surface area (Å²) in [7, 11) is 0. The van der Waals surface area contributed by atoms with E-state index < -0.39 is 12.1 Å². The van der Waals surface area contributed by atoms with Crippen LogP contribution in [0, 0.1) is 0 Å². The van der Waals surface area contributed by atoms with Crippen molar-refractivity contribution < 1.29 is 14.4 Å². The van der Waals surface area contributed by atoms with Gasteiger partial charge in [0.2, 0.25) is 0 Å². The molecule has 0 aromatic heterocycles. The highest BCUT2D eigenvalue weighted by Crippen LogP contribution is 2.36. The zero-order valence-corrected chi connectivity index (χ0v) is 17.8. The van der Waals surface area contributed by atoms with Gasteiger partial charge in [-0.2, -0.15) is 0 Å². The third-order valence-electron chi connectivity index (χ3n) is 6.15. The number of urea groups is 1. The zero-order valence-electron chi connectivity index (χ0n) is 17.8. The molecule has 0 spiro atoms. The summed E-state index contributed by atoms with van der Waals surface area (Å²) in [6.45, 7) is 1.38. The van der Waals surface area contributed by atoms with Crippen molar-refractivity contribution in [3.8, 4) is 0 Å². The number of fused-ring (bicyclic) bond motifs is 2. The Morgan fingerprint density at radius 2 is 1.34 bits per heavy atom. The molecule has 2 aliphatic rings. The van der Waals surface area contributed by atoms with E-state index in [4.69, 9.17) is 0 Å². The van der Waals surface area contributed by atoms with Crippen LogP contribution < -0.4 is 9.80 Å². The minimum absolute atomic E-state index is 0.310. The van der Waals surface area contributed by atoms with Crippen molar-refractivity contribution in [3.63, 3.8) is 0 Å². The molecule has 6 heteroatoms. The minimum Gasteiger partial charge on any atom is -0.282 e. The number of carbonyl (C=O) groups is 3. The van der Waals surface area contributed by atoms with Crippen molar-refractivity contribution >= 4 is 34.9 Å². The Morgan fingerprint density at radius 1 is 0.812 bits per heavy atom. The molecule has 2 aliphatic heterocycles. The van der Waals surface area contributed by atoms with Gasteiger partial charge in [-0.15, -0.1) is 0 Å². The van der Waals surface area contributed by atoms with E-state index in [1.165, 1.54) is 4.90 Å². The van der Waals surface area contributed by atoms with Crippen LogP contribution in [0.4, 0.5) is 21.9 Å². The molecule has 0 bridgehead atoms. The SMILES string of the molecule is CC1C(=O)N(CC(=O)N2c3ccccc3CCc3ccccc32)C(=O)N1c1ccccc1. The lowest BCUT2D eigenvalue weighted by atomic mass is 10.0. The lowest BCUT2D eigenvalue weighted by Gasteiger charge is -2.26. The van der Waals surface area contributed by atoms with Gasteiger partial charge < -0.3 is 0 Å². The molecular formula is C26H23N3O3. The van der Waals surface area contributed by atoms with Gasteiger partial charge in [-0.25, -0.2) is 4.79 Å². The van der Waals surface area contributed by atoms with Crippen LogP contribution in [-0.2, 0) is 22.4 Å². The van der Waals surface area contributed by atoms with Crippen molar-refractivity contribution in [2.45, 2.75) is 25.8 Å². The first-order chi connectivity index (χ1) is 15.6. The number of imide groups is 1. The van der Waals surface area contributed by atoms with Crippen LogP contribution >= 0.6 is 0 Å². The molecule has 1 saturated heterocycles. The molecule has 2 heterocycles. The molecule has 160 valence electrons. The Labute approximate surface area is 186 Å². The number of hydrogen-bond donors (Lipinski definition) is 0. The van der Waals surface area contributed by atoms with Gasteiger partial charge >= 0.3 is 6.03 Å². The number of rotatable bonds is 3. The van der Waals surface area contributed by atoms with Crippen LogP contribution in [0.2, 0.25) is 0 Å². The summed E-state index contributed by atoms with van der Waals surface area (Å²) in [6, 6.07) is 23.5. The van der Waals surface area contributed by atoms with Crippen LogP contribution in [0.25, 0.3) is 0 Å². The molecule has 1 atom stereocenters. The number of amides is 4. The van der Waals surface area contributed by atoms with E-state index >= 15 is 0 Å². The summed E-state index contributed by atoms with van der Waals surface area (Å²) in [5.74, 6) is -0.681. The van der Waals surface area contributed by atoms with Crippen LogP contribution in [0.1, 0.15) is 18.1 Å². The number of nitrogens with zero attached hydrogens (tertiary/aromatic N) is 3. The van der Waals surface area contributed by atoms with E-state index in [9.17, 15) is 14.4 Å². The Morgan fingerprint density at radius 3 is 1.94 bits per heavy atom. The van der Waals surface area contributed by atoms with Crippen LogP contribution in [0.3, 0.4) is 0 Å². The molecule has 3 aromatic rings. The molecule has 32 heavy (non-hydrogen) atoms. The molecule has 1 fully saturated rings. The van der Waals surface area contributed by atoms with Gasteiger partial charge in [0.15, 0.2) is 0 Å². The second-order valence-electron chi connectivity index (χ2n) is 8.08. The summed E-state index contributed by atoms with van der Waals surface area (Å²) in [5, 5.41) is 0. The third kappa shape index (κ3) is 3.24. The molecule has 0 saturated carbocycles. The largest absolute Gasteiger partial charge is 0.332 e. The van der Waals surface area contributed by atoms with E-state index in [1.54, 1.807) is 24.0 Å². The van der Waals surface area contributed by atoms with Gasteiger partial charge in [0.1, 0.15) is 12.6 Å². The Kier molecular flexibility index (Phi) is 4.98. The standard InChI is InChI=1S/C26H23N3O3/c1-18-25(31)27(26(32)28(18)21-11-3-2-4-12-21)17-24(30)29-22-13-7-5-9-19(22)15-16-20-10-6-8-14-23(20)29/h2-14,18H,15-17H2,1H3. The molecule has 1 unspecified atom stereocenters. The number of carbonyl (C=O) groups excluding carboxylic acids is 3. The summed E-state index contributed by atoms with van der Waals surface area (Å²) in [6.07, 6.45) is 1.63. The van der Waals surface area contributed by atoms with Crippen LogP contribution in [0.15, 0.2) is 78.9 Å². The molecule has 0 N–H and O–H groups in total. The quantitative estimate of drug-likeness (QED) is 0.588. The van der Waals surface area contributed by atoms with Crippen molar-refractivity contribution in [1.29, 1.82) is 0 Å². The predicted molar refractivity (Wildman–Crippen MR) is 123 cm³/mol. The summed E-state index contributed by atoms with van der Waals surface area (Å²) < 4.78 is 0. The first-order valence-electron chi connectivity index (χ1n) is 10.7. The van der Waals surface area contributed by atoms with Crippen LogP contribution in [-0.4, -0.2) is 35.3 Å². The van der Waals surface area contributed by atoms with Gasteiger partial charge in [-0.3, -0.25) is 24.3 Å². The lowest BCUT2D eigenvalue weighted by Crippen LogP contribution is -2.42. The van der Waals surface area contributed by atoms with E-state index in [-0.39, 0.29) is 18.4 Å². The van der Waals surface area contributed by atoms with Gasteiger partial charge in [-0.1, -0.05) is 54.6 Å². The predicted octanol–water partition coefficient (Wildman–Crippen LogP) is 4.31. The fourth-order valence-corrected chi connectivity index (χ4v) is 4.55. The number of aryl methyl sites for hydroxylation is 2. The van der Waals surface area contributed by atoms with E-state index in [1.807, 2.05) is 66.7 Å². The molecular weight excluding hydrogens is 402 g/mol. The zero-order chi connectivity index (χ0) is 22.2. The smallest absolute Gasteiger partial charge is 0.282 e. The third-order valence-corrected chi connectivity index (χ3v) is 6.15. The lowest BCUT2D eigenvalue weighted by molar-refractivity contribution is -0.130. The molecule has 5 rings (SSSR count). The number of para-hydroxylation sites is 3. The summed E-state index contributed by atoms with van der Waals surface area (Å²) >= 11 is 0. The van der Waals surface area contributed by atoms with Crippen LogP contribution in [0.5, 0.6) is 0 Å². The highest BCUT2D eigenvalue weighted by Gasteiger charge is 2.44. The maximum Gasteiger partial charge on any atom is 0.332 e. The molecule has 0 radical (unpaired) electrons. The summed E-state index contributed by atoms with van der Waals surface area (Å²) in [4.78, 5) is 43.9. The molecule has 0 aliphatic carbocycles. The highest BCUT2D eigenvalue weighted by molar-refractivity contribution is 6.17. The maximum absolute atomic E-state index is 13.6. The van der Waals surface area contributed by atoms with Crippen molar-refractivity contribution in [3.05, 3.63) is 90.0 Å². The van der Waals surface area contributed by atoms with E-state index in [2.05, 4.69) is 0 Å². The molecule has 3 aromatic carbocycles. The van der Waals surface area contributed by atoms with Crippen molar-refractivity contribution in [2.24, 2.45) is 0 Å². The second kappa shape index (κ2) is 7.96. The van der Waals surface area contributed by atoms with Gasteiger partial charge in [0.25, 0.3) is 11.8 Å². The number of anilines is 3. The first kappa shape index (κ1) is 20.0. The average molecular weight is 425 g/mol. The Hall–Kier alpha value is -3.93. The fraction of sp³-hybridized carbons (Fsp3) is 0.192. The van der Waals surface area contributed by atoms with Gasteiger partial charge in [0.05, 0.1) is 11.4 Å². The fourth-order valence-electron chi connectivity index (χ4n) is 4.55. The van der Waals surface area contributed by atoms with Gasteiger partial charge in [0, 0.05) is 5.69 Å². The van der Waals surface area contributed by atoms with Crippen molar-refractivity contribution in [2.75, 3.05) is 16.3 Å². The Balaban J connectivity index is 1.49. The van der Waals surface area contributed by atoms with E-state index in [0.29, 0.717) is 5.69 Å².